The summed E-state index contributed by atoms with van der Waals surface area (Å²) in [4.78, 5) is 19.3. The number of nitrogens with one attached hydrogen (secondary N) is 1. The molecule has 0 atom stereocenters. The van der Waals surface area contributed by atoms with Crippen LogP contribution in [0.15, 0.2) is 40.9 Å². The summed E-state index contributed by atoms with van der Waals surface area (Å²) in [6.07, 6.45) is 5.45. The highest BCUT2D eigenvalue weighted by Gasteiger charge is 2.10. The fourth-order valence-electron chi connectivity index (χ4n) is 2.22. The van der Waals surface area contributed by atoms with Gasteiger partial charge in [-0.05, 0) is 42.3 Å². The number of hydrogen-bond donors (Lipinski definition) is 1. The second-order valence-electron chi connectivity index (χ2n) is 5.92. The van der Waals surface area contributed by atoms with Gasteiger partial charge < -0.3 is 10.2 Å². The van der Waals surface area contributed by atoms with Crippen LogP contribution in [-0.2, 0) is 0 Å². The zero-order chi connectivity index (χ0) is 17.8. The van der Waals surface area contributed by atoms with Crippen molar-refractivity contribution in [1.82, 2.24) is 15.0 Å². The van der Waals surface area contributed by atoms with Crippen LogP contribution in [0.25, 0.3) is 12.2 Å². The maximum Gasteiger partial charge on any atom is 0.233 e. The van der Waals surface area contributed by atoms with Crippen LogP contribution in [-0.4, -0.2) is 41.4 Å². The first-order chi connectivity index (χ1) is 12.0. The van der Waals surface area contributed by atoms with Crippen molar-refractivity contribution in [3.05, 3.63) is 53.1 Å². The van der Waals surface area contributed by atoms with Crippen molar-refractivity contribution in [2.24, 2.45) is 4.99 Å². The summed E-state index contributed by atoms with van der Waals surface area (Å²) < 4.78 is 13.3. The molecule has 3 rings (SSSR count). The maximum absolute atomic E-state index is 13.3. The van der Waals surface area contributed by atoms with E-state index in [4.69, 9.17) is 0 Å². The molecule has 0 fully saturated rings. The highest BCUT2D eigenvalue weighted by Crippen LogP contribution is 2.13. The Morgan fingerprint density at radius 3 is 2.68 bits per heavy atom. The van der Waals surface area contributed by atoms with Gasteiger partial charge in [-0.1, -0.05) is 18.2 Å². The van der Waals surface area contributed by atoms with Crippen molar-refractivity contribution in [3.63, 3.8) is 0 Å². The third-order valence-electron chi connectivity index (χ3n) is 3.44. The highest BCUT2D eigenvalue weighted by atomic mass is 19.1. The van der Waals surface area contributed by atoms with E-state index in [1.807, 2.05) is 33.2 Å². The SMILES string of the molecule is CC1=CC(Nc2nc(/C=C/c3cccc(F)c3)nc(N(C)C)n2)=NC1. The first-order valence-corrected chi connectivity index (χ1v) is 7.85. The molecule has 1 aromatic carbocycles. The zero-order valence-electron chi connectivity index (χ0n) is 14.4. The average molecular weight is 338 g/mol. The summed E-state index contributed by atoms with van der Waals surface area (Å²) in [6, 6.07) is 6.33. The van der Waals surface area contributed by atoms with E-state index < -0.39 is 0 Å². The molecule has 0 amide bonds. The Kier molecular flexibility index (Phi) is 4.83. The lowest BCUT2D eigenvalue weighted by Gasteiger charge is -2.12. The Morgan fingerprint density at radius 1 is 1.16 bits per heavy atom. The van der Waals surface area contributed by atoms with E-state index in [2.05, 4.69) is 25.3 Å². The number of halogens is 1. The quantitative estimate of drug-likeness (QED) is 0.928. The van der Waals surface area contributed by atoms with Crippen LogP contribution >= 0.6 is 0 Å². The molecular formula is C18H19FN6. The molecule has 25 heavy (non-hydrogen) atoms. The Balaban J connectivity index is 1.87. The molecule has 0 saturated carbocycles. The molecule has 0 bridgehead atoms. The van der Waals surface area contributed by atoms with Gasteiger partial charge in [-0.15, -0.1) is 0 Å². The summed E-state index contributed by atoms with van der Waals surface area (Å²) in [5.41, 5.74) is 1.91. The van der Waals surface area contributed by atoms with Crippen molar-refractivity contribution >= 4 is 29.9 Å². The minimum Gasteiger partial charge on any atom is -0.347 e. The third-order valence-corrected chi connectivity index (χ3v) is 3.44. The van der Waals surface area contributed by atoms with Gasteiger partial charge in [0, 0.05) is 14.1 Å². The van der Waals surface area contributed by atoms with Crippen molar-refractivity contribution in [1.29, 1.82) is 0 Å². The smallest absolute Gasteiger partial charge is 0.233 e. The number of amidine groups is 1. The van der Waals surface area contributed by atoms with Crippen molar-refractivity contribution in [3.8, 4) is 0 Å². The van der Waals surface area contributed by atoms with Gasteiger partial charge in [-0.25, -0.2) is 4.39 Å². The Labute approximate surface area is 145 Å². The van der Waals surface area contributed by atoms with Crippen LogP contribution < -0.4 is 10.2 Å². The lowest BCUT2D eigenvalue weighted by Crippen LogP contribution is -2.17. The highest BCUT2D eigenvalue weighted by molar-refractivity contribution is 6.04. The first kappa shape index (κ1) is 16.8. The number of rotatable bonds is 4. The van der Waals surface area contributed by atoms with Gasteiger partial charge in [0.15, 0.2) is 5.82 Å². The van der Waals surface area contributed by atoms with Gasteiger partial charge >= 0.3 is 0 Å². The molecule has 0 radical (unpaired) electrons. The summed E-state index contributed by atoms with van der Waals surface area (Å²) in [5.74, 6) is 1.87. The molecule has 6 nitrogen and oxygen atoms in total. The second kappa shape index (κ2) is 7.21. The molecule has 128 valence electrons. The Bertz CT molecular complexity index is 870. The van der Waals surface area contributed by atoms with E-state index in [1.54, 1.807) is 23.1 Å². The molecular weight excluding hydrogens is 319 g/mol. The Hall–Kier alpha value is -3.09. The van der Waals surface area contributed by atoms with E-state index in [-0.39, 0.29) is 5.82 Å². The van der Waals surface area contributed by atoms with E-state index >= 15 is 0 Å². The maximum atomic E-state index is 13.3. The summed E-state index contributed by atoms with van der Waals surface area (Å²) in [7, 11) is 3.71. The molecule has 1 aliphatic rings. The minimum atomic E-state index is -0.282. The second-order valence-corrected chi connectivity index (χ2v) is 5.92. The normalized spacial score (nSPS) is 13.8. The van der Waals surface area contributed by atoms with Gasteiger partial charge in [-0.2, -0.15) is 15.0 Å². The number of aliphatic imine (C=N–C) groups is 1. The number of nitrogens with zero attached hydrogens (tertiary/aromatic N) is 5. The molecule has 0 unspecified atom stereocenters. The lowest BCUT2D eigenvalue weighted by molar-refractivity contribution is 0.627. The van der Waals surface area contributed by atoms with E-state index in [0.717, 1.165) is 11.4 Å². The summed E-state index contributed by atoms with van der Waals surface area (Å²) in [5, 5.41) is 3.11. The number of anilines is 2. The fourth-order valence-corrected chi connectivity index (χ4v) is 2.22. The molecule has 1 N–H and O–H groups in total. The lowest BCUT2D eigenvalue weighted by atomic mass is 10.2. The predicted octanol–water partition coefficient (Wildman–Crippen LogP) is 3.02. The molecule has 2 aromatic rings. The predicted molar refractivity (Wildman–Crippen MR) is 99.2 cm³/mol. The van der Waals surface area contributed by atoms with Gasteiger partial charge in [0.2, 0.25) is 11.9 Å². The van der Waals surface area contributed by atoms with Crippen LogP contribution in [0.5, 0.6) is 0 Å². The minimum absolute atomic E-state index is 0.282. The topological polar surface area (TPSA) is 66.3 Å². The molecule has 0 aliphatic carbocycles. The van der Waals surface area contributed by atoms with E-state index in [9.17, 15) is 4.39 Å². The van der Waals surface area contributed by atoms with E-state index in [1.165, 1.54) is 17.7 Å². The van der Waals surface area contributed by atoms with Gasteiger partial charge in [0.25, 0.3) is 0 Å². The van der Waals surface area contributed by atoms with Gasteiger partial charge in [0.05, 0.1) is 6.54 Å². The van der Waals surface area contributed by atoms with Crippen LogP contribution in [0.4, 0.5) is 16.3 Å². The molecule has 0 saturated heterocycles. The first-order valence-electron chi connectivity index (χ1n) is 7.85. The summed E-state index contributed by atoms with van der Waals surface area (Å²) >= 11 is 0. The van der Waals surface area contributed by atoms with Gasteiger partial charge in [0.1, 0.15) is 11.7 Å². The average Bonchev–Trinajstić information content (AvgIpc) is 2.97. The van der Waals surface area contributed by atoms with Gasteiger partial charge in [-0.3, -0.25) is 4.99 Å². The third kappa shape index (κ3) is 4.47. The molecule has 1 aliphatic heterocycles. The van der Waals surface area contributed by atoms with Crippen LogP contribution in [0.3, 0.4) is 0 Å². The largest absolute Gasteiger partial charge is 0.347 e. The van der Waals surface area contributed by atoms with Crippen molar-refractivity contribution in [2.45, 2.75) is 6.92 Å². The van der Waals surface area contributed by atoms with Crippen LogP contribution in [0.2, 0.25) is 0 Å². The van der Waals surface area contributed by atoms with Crippen LogP contribution in [0.1, 0.15) is 18.3 Å². The Morgan fingerprint density at radius 2 is 2.00 bits per heavy atom. The molecule has 1 aromatic heterocycles. The number of aromatic nitrogens is 3. The molecule has 7 heteroatoms. The van der Waals surface area contributed by atoms with Crippen molar-refractivity contribution < 1.29 is 4.39 Å². The van der Waals surface area contributed by atoms with Crippen molar-refractivity contribution in [2.75, 3.05) is 30.9 Å². The number of benzene rings is 1. The van der Waals surface area contributed by atoms with E-state index in [0.29, 0.717) is 24.3 Å². The fraction of sp³-hybridized carbons (Fsp3) is 0.222. The standard InChI is InChI=1S/C18H19FN6/c1-12-9-16(20-11-12)22-17-21-15(23-18(24-17)25(2)3)8-7-13-5-4-6-14(19)10-13/h4-10H,11H2,1-3H3,(H,20,21,22,23,24)/b8-7+. The van der Waals surface area contributed by atoms with Crippen LogP contribution in [0, 0.1) is 5.82 Å². The molecule has 2 heterocycles. The zero-order valence-corrected chi connectivity index (χ0v) is 14.4. The molecule has 0 spiro atoms. The summed E-state index contributed by atoms with van der Waals surface area (Å²) in [6.45, 7) is 2.70. The monoisotopic (exact) mass is 338 g/mol. The number of hydrogen-bond acceptors (Lipinski definition) is 6.